The molecule has 0 aliphatic heterocycles. The van der Waals surface area contributed by atoms with Gasteiger partial charge in [-0.1, -0.05) is 24.3 Å². The van der Waals surface area contributed by atoms with Gasteiger partial charge in [0.15, 0.2) is 0 Å². The van der Waals surface area contributed by atoms with E-state index in [9.17, 15) is 13.6 Å². The fourth-order valence-corrected chi connectivity index (χ4v) is 3.49. The second-order valence-corrected chi connectivity index (χ2v) is 8.39. The number of phenolic OH excluding ortho intramolecular Hbond substituents is 1. The van der Waals surface area contributed by atoms with Crippen LogP contribution >= 0.6 is 0 Å². The van der Waals surface area contributed by atoms with E-state index in [4.69, 9.17) is 8.19 Å². The number of pyridine rings is 1. The van der Waals surface area contributed by atoms with Crippen LogP contribution in [-0.4, -0.2) is 38.4 Å². The van der Waals surface area contributed by atoms with Crippen molar-refractivity contribution in [2.24, 2.45) is 0 Å². The minimum atomic E-state index is -5.15. The molecule has 2 aromatic carbocycles. The molecule has 3 aromatic rings. The Bertz CT molecular complexity index is 874. The van der Waals surface area contributed by atoms with Crippen molar-refractivity contribution in [3.05, 3.63) is 60.8 Å². The van der Waals surface area contributed by atoms with Gasteiger partial charge in [-0.05, 0) is 12.1 Å². The summed E-state index contributed by atoms with van der Waals surface area (Å²) in [5.74, 6) is -1.01. The Morgan fingerprint density at radius 3 is 2.36 bits per heavy atom. The van der Waals surface area contributed by atoms with E-state index in [1.165, 1.54) is 24.4 Å². The molecule has 8 heteroatoms. The van der Waals surface area contributed by atoms with Crippen molar-refractivity contribution in [3.63, 3.8) is 0 Å². The standard InChI is InChI=1S/C9H7N.C8H10AsNO5/c1-2-6-9-8(4-1)5-3-7-10-9;1-5(11)10-7-4-2-3-6(8(7)12)9(13,14)15/h1-7H;2-4,12H,1H3,(H,10,11)(H2,13,14,15). The first-order valence-corrected chi connectivity index (χ1v) is 10.6. The van der Waals surface area contributed by atoms with Crippen LogP contribution in [0.5, 0.6) is 5.75 Å². The molecule has 1 amide bonds. The number of benzene rings is 2. The summed E-state index contributed by atoms with van der Waals surface area (Å²) in [6, 6.07) is 15.9. The van der Waals surface area contributed by atoms with Crippen molar-refractivity contribution in [2.75, 3.05) is 5.32 Å². The van der Waals surface area contributed by atoms with E-state index in [0.29, 0.717) is 0 Å². The van der Waals surface area contributed by atoms with Crippen LogP contribution in [0, 0.1) is 0 Å². The van der Waals surface area contributed by atoms with Gasteiger partial charge in [-0.2, -0.15) is 0 Å². The van der Waals surface area contributed by atoms with Gasteiger partial charge in [0.05, 0.1) is 5.52 Å². The largest absolute Gasteiger partial charge is 0.256 e. The third-order valence-corrected chi connectivity index (χ3v) is 5.23. The van der Waals surface area contributed by atoms with Gasteiger partial charge in [-0.25, -0.2) is 0 Å². The zero-order chi connectivity index (χ0) is 18.4. The predicted molar refractivity (Wildman–Crippen MR) is 94.7 cm³/mol. The molecule has 0 saturated carbocycles. The number of amides is 1. The molecular formula is C17H17AsN2O5. The fourth-order valence-electron chi connectivity index (χ4n) is 2.07. The van der Waals surface area contributed by atoms with Gasteiger partial charge in [0.2, 0.25) is 0 Å². The number of aromatic hydroxyl groups is 1. The van der Waals surface area contributed by atoms with E-state index in [1.54, 1.807) is 0 Å². The summed E-state index contributed by atoms with van der Waals surface area (Å²) in [6.45, 7) is 1.23. The zero-order valence-corrected chi connectivity index (χ0v) is 15.2. The van der Waals surface area contributed by atoms with E-state index in [2.05, 4.69) is 22.4 Å². The molecule has 3 rings (SSSR count). The van der Waals surface area contributed by atoms with Crippen LogP contribution < -0.4 is 9.67 Å². The van der Waals surface area contributed by atoms with Crippen LogP contribution in [0.4, 0.5) is 5.69 Å². The smallest absolute Gasteiger partial charge is 0.0701 e. The molecular weight excluding hydrogens is 387 g/mol. The van der Waals surface area contributed by atoms with Crippen LogP contribution in [0.3, 0.4) is 0 Å². The van der Waals surface area contributed by atoms with Crippen LogP contribution in [0.25, 0.3) is 10.9 Å². The van der Waals surface area contributed by atoms with Crippen molar-refractivity contribution in [3.8, 4) is 5.75 Å². The molecule has 1 aromatic heterocycles. The Kier molecular flexibility index (Phi) is 5.98. The molecule has 25 heavy (non-hydrogen) atoms. The monoisotopic (exact) mass is 404 g/mol. The molecule has 0 unspecified atom stereocenters. The van der Waals surface area contributed by atoms with Crippen LogP contribution in [0.2, 0.25) is 0 Å². The van der Waals surface area contributed by atoms with Gasteiger partial charge in [-0.15, -0.1) is 0 Å². The summed E-state index contributed by atoms with van der Waals surface area (Å²) in [4.78, 5) is 14.9. The predicted octanol–water partition coefficient (Wildman–Crippen LogP) is 1.15. The Labute approximate surface area is 147 Å². The number of carbonyl (C=O) groups excluding carboxylic acids is 1. The van der Waals surface area contributed by atoms with Crippen molar-refractivity contribution < 1.29 is 21.8 Å². The van der Waals surface area contributed by atoms with Gasteiger partial charge in [0.25, 0.3) is 0 Å². The summed E-state index contributed by atoms with van der Waals surface area (Å²) >= 11 is -5.15. The van der Waals surface area contributed by atoms with E-state index in [0.717, 1.165) is 11.6 Å². The molecule has 0 aliphatic carbocycles. The van der Waals surface area contributed by atoms with Crippen LogP contribution in [0.1, 0.15) is 6.92 Å². The second kappa shape index (κ2) is 7.98. The Balaban J connectivity index is 0.000000194. The minimum Gasteiger partial charge on any atom is -0.256 e. The first kappa shape index (κ1) is 18.7. The minimum absolute atomic E-state index is 0.00951. The maximum Gasteiger partial charge on any atom is 0.0701 e. The van der Waals surface area contributed by atoms with Crippen LogP contribution in [-0.2, 0) is 8.53 Å². The Morgan fingerprint density at radius 1 is 1.04 bits per heavy atom. The third kappa shape index (κ3) is 5.19. The first-order valence-electron chi connectivity index (χ1n) is 7.24. The normalized spacial score (nSPS) is 10.7. The van der Waals surface area contributed by atoms with Crippen molar-refractivity contribution >= 4 is 41.0 Å². The summed E-state index contributed by atoms with van der Waals surface area (Å²) in [5, 5.41) is 12.9. The maximum atomic E-state index is 11.0. The van der Waals surface area contributed by atoms with E-state index >= 15 is 0 Å². The van der Waals surface area contributed by atoms with Gasteiger partial charge >= 0.3 is 88.1 Å². The number of nitrogens with zero attached hydrogens (tertiary/aromatic N) is 1. The number of anilines is 1. The average molecular weight is 404 g/mol. The quantitative estimate of drug-likeness (QED) is 0.376. The molecule has 130 valence electrons. The number of aromatic nitrogens is 1. The number of fused-ring (bicyclic) bond motifs is 1. The first-order chi connectivity index (χ1) is 11.8. The molecule has 0 saturated heterocycles. The molecule has 0 spiro atoms. The Morgan fingerprint density at radius 2 is 1.72 bits per heavy atom. The van der Waals surface area contributed by atoms with Crippen molar-refractivity contribution in [1.29, 1.82) is 0 Å². The SMILES string of the molecule is CC(=O)Nc1cccc([As](=O)(O)O)c1O.c1ccc2ncccc2c1. The fraction of sp³-hybridized carbons (Fsp3) is 0.0588. The number of hydrogen-bond acceptors (Lipinski definition) is 4. The molecule has 0 aliphatic rings. The van der Waals surface area contributed by atoms with E-state index in [1.807, 2.05) is 30.5 Å². The Hall–Kier alpha value is -2.60. The summed E-state index contributed by atoms with van der Waals surface area (Å²) < 4.78 is 28.4. The number of carbonyl (C=O) groups is 1. The third-order valence-electron chi connectivity index (χ3n) is 3.15. The maximum absolute atomic E-state index is 11.0. The summed E-state index contributed by atoms with van der Waals surface area (Å²) in [7, 11) is 0. The number of para-hydroxylation sites is 2. The van der Waals surface area contributed by atoms with Crippen molar-refractivity contribution in [1.82, 2.24) is 4.98 Å². The molecule has 0 bridgehead atoms. The molecule has 7 nitrogen and oxygen atoms in total. The molecule has 4 N–H and O–H groups in total. The number of rotatable bonds is 2. The molecule has 0 atom stereocenters. The van der Waals surface area contributed by atoms with Gasteiger partial charge in [-0.3, -0.25) is 4.98 Å². The van der Waals surface area contributed by atoms with Crippen molar-refractivity contribution in [2.45, 2.75) is 6.92 Å². The summed E-state index contributed by atoms with van der Waals surface area (Å²) in [6.07, 6.45) is 1.81. The number of nitrogens with one attached hydrogen (secondary N) is 1. The van der Waals surface area contributed by atoms with E-state index in [-0.39, 0.29) is 5.69 Å². The second-order valence-electron chi connectivity index (χ2n) is 5.09. The number of phenols is 1. The van der Waals surface area contributed by atoms with E-state index < -0.39 is 30.2 Å². The van der Waals surface area contributed by atoms with Gasteiger partial charge < -0.3 is 0 Å². The number of hydrogen-bond donors (Lipinski definition) is 4. The molecule has 0 fully saturated rings. The zero-order valence-electron chi connectivity index (χ0n) is 13.3. The molecule has 0 radical (unpaired) electrons. The van der Waals surface area contributed by atoms with Gasteiger partial charge in [0, 0.05) is 11.6 Å². The van der Waals surface area contributed by atoms with Crippen LogP contribution in [0.15, 0.2) is 60.8 Å². The summed E-state index contributed by atoms with van der Waals surface area (Å²) in [5.41, 5.74) is 1.05. The topological polar surface area (TPSA) is 120 Å². The van der Waals surface area contributed by atoms with Gasteiger partial charge in [0.1, 0.15) is 0 Å². The average Bonchev–Trinajstić information content (AvgIpc) is 2.56. The molecule has 1 heterocycles.